The molecule has 0 saturated carbocycles. The maximum atomic E-state index is 8.76. The first-order chi connectivity index (χ1) is 5.20. The molecule has 11 heavy (non-hydrogen) atoms. The molecule has 0 rings (SSSR count). The lowest BCUT2D eigenvalue weighted by Gasteiger charge is -2.05. The van der Waals surface area contributed by atoms with E-state index in [2.05, 4.69) is 5.73 Å². The molecule has 0 saturated heterocycles. The summed E-state index contributed by atoms with van der Waals surface area (Å²) >= 11 is 0. The topological polar surface area (TPSA) is 46.2 Å². The number of aliphatic hydroxyl groups excluding tert-OH is 1. The van der Waals surface area contributed by atoms with Gasteiger partial charge in [0.15, 0.2) is 0 Å². The van der Waals surface area contributed by atoms with Crippen LogP contribution in [0.4, 0.5) is 0 Å². The van der Waals surface area contributed by atoms with Crippen LogP contribution in [0.1, 0.15) is 20.3 Å². The second-order valence-corrected chi connectivity index (χ2v) is 2.87. The lowest BCUT2D eigenvalue weighted by molar-refractivity contribution is 0.231. The third-order valence-electron chi connectivity index (χ3n) is 1.43. The molecule has 0 fully saturated rings. The Morgan fingerprint density at radius 3 is 2.64 bits per heavy atom. The molecule has 0 aromatic carbocycles. The van der Waals surface area contributed by atoms with E-state index in [-0.39, 0.29) is 12.5 Å². The van der Waals surface area contributed by atoms with Crippen LogP contribution in [0.2, 0.25) is 0 Å². The van der Waals surface area contributed by atoms with Crippen molar-refractivity contribution in [1.82, 2.24) is 0 Å². The molecule has 0 heterocycles. The van der Waals surface area contributed by atoms with Gasteiger partial charge in [0, 0.05) is 6.61 Å². The van der Waals surface area contributed by atoms with Crippen LogP contribution in [0, 0.1) is 5.92 Å². The van der Waals surface area contributed by atoms with Crippen molar-refractivity contribution in [2.45, 2.75) is 20.3 Å². The molecule has 64 valence electrons. The first kappa shape index (κ1) is 10.4. The highest BCUT2D eigenvalue weighted by atomic mass is 16.3. The molecule has 2 nitrogen and oxygen atoms in total. The summed E-state index contributed by atoms with van der Waals surface area (Å²) in [6.45, 7) is 4.69. The number of hydrogen-bond donors (Lipinski definition) is 2. The Labute approximate surface area is 68.4 Å². The van der Waals surface area contributed by atoms with E-state index in [0.717, 1.165) is 12.0 Å². The van der Waals surface area contributed by atoms with Crippen molar-refractivity contribution in [3.63, 3.8) is 0 Å². The molecule has 0 radical (unpaired) electrons. The normalized spacial score (nSPS) is 12.0. The Balaban J connectivity index is 3.76. The average molecular weight is 155 g/mol. The van der Waals surface area contributed by atoms with E-state index in [0.29, 0.717) is 6.54 Å². The predicted molar refractivity (Wildman–Crippen MR) is 47.2 cm³/mol. The van der Waals surface area contributed by atoms with Crippen molar-refractivity contribution < 1.29 is 5.11 Å². The molecule has 1 unspecified atom stereocenters. The Hall–Kier alpha value is -0.560. The second-order valence-electron chi connectivity index (χ2n) is 2.87. The first-order valence-electron chi connectivity index (χ1n) is 3.90. The molecular weight excluding hydrogens is 138 g/mol. The zero-order valence-corrected chi connectivity index (χ0v) is 7.30. The molecule has 0 aromatic heterocycles. The van der Waals surface area contributed by atoms with Crippen LogP contribution in [-0.4, -0.2) is 18.3 Å². The molecule has 0 aliphatic heterocycles. The largest absolute Gasteiger partial charge is 0.396 e. The summed E-state index contributed by atoms with van der Waals surface area (Å²) in [7, 11) is 0. The van der Waals surface area contributed by atoms with Crippen LogP contribution in [-0.2, 0) is 0 Å². The van der Waals surface area contributed by atoms with Crippen molar-refractivity contribution in [3.8, 4) is 0 Å². The summed E-state index contributed by atoms with van der Waals surface area (Å²) in [5.74, 6) is 0.196. The Morgan fingerprint density at radius 2 is 2.27 bits per heavy atom. The van der Waals surface area contributed by atoms with Gasteiger partial charge in [-0.15, -0.1) is 5.73 Å². The minimum absolute atomic E-state index is 0.164. The average Bonchev–Trinajstić information content (AvgIpc) is 1.98. The van der Waals surface area contributed by atoms with Crippen molar-refractivity contribution in [3.05, 3.63) is 17.4 Å². The summed E-state index contributed by atoms with van der Waals surface area (Å²) in [5.41, 5.74) is 9.61. The van der Waals surface area contributed by atoms with Crippen molar-refractivity contribution >= 4 is 0 Å². The van der Waals surface area contributed by atoms with Gasteiger partial charge in [0.25, 0.3) is 0 Å². The van der Waals surface area contributed by atoms with Crippen LogP contribution in [0.3, 0.4) is 0 Å². The highest BCUT2D eigenvalue weighted by Crippen LogP contribution is 1.99. The van der Waals surface area contributed by atoms with Gasteiger partial charge in [0.05, 0.1) is 0 Å². The number of allylic oxidation sites excluding steroid dienone is 1. The Morgan fingerprint density at radius 1 is 1.64 bits per heavy atom. The van der Waals surface area contributed by atoms with E-state index in [9.17, 15) is 0 Å². The molecule has 0 aliphatic rings. The maximum Gasteiger partial charge on any atom is 0.0474 e. The highest BCUT2D eigenvalue weighted by Gasteiger charge is 2.00. The number of aliphatic hydroxyl groups is 1. The molecule has 0 spiro atoms. The minimum Gasteiger partial charge on any atom is -0.396 e. The molecule has 1 atom stereocenters. The highest BCUT2D eigenvalue weighted by molar-refractivity contribution is 4.94. The van der Waals surface area contributed by atoms with Crippen molar-refractivity contribution in [2.24, 2.45) is 11.7 Å². The molecular formula is C9H17NO. The minimum atomic E-state index is 0.164. The quantitative estimate of drug-likeness (QED) is 0.596. The number of rotatable bonds is 4. The van der Waals surface area contributed by atoms with Crippen LogP contribution in [0.5, 0.6) is 0 Å². The van der Waals surface area contributed by atoms with Gasteiger partial charge in [0.2, 0.25) is 0 Å². The van der Waals surface area contributed by atoms with Gasteiger partial charge < -0.3 is 10.8 Å². The first-order valence-corrected chi connectivity index (χ1v) is 3.90. The van der Waals surface area contributed by atoms with Crippen molar-refractivity contribution in [2.75, 3.05) is 13.2 Å². The van der Waals surface area contributed by atoms with Crippen LogP contribution in [0.15, 0.2) is 17.4 Å². The molecule has 0 aromatic rings. The zero-order valence-electron chi connectivity index (χ0n) is 7.30. The molecule has 0 aliphatic carbocycles. The van der Waals surface area contributed by atoms with Gasteiger partial charge in [-0.25, -0.2) is 0 Å². The predicted octanol–water partition coefficient (Wildman–Crippen LogP) is 1.06. The summed E-state index contributed by atoms with van der Waals surface area (Å²) in [6.07, 6.45) is 2.75. The standard InChI is InChI=1S/C9H17NO/c1-8(2)4-3-5-9(6-10)7-11/h3,9,11H,5-7,10H2,1-2H3. The SMILES string of the molecule is CC(C)=C=CCC(CN)CO. The lowest BCUT2D eigenvalue weighted by Crippen LogP contribution is -2.16. The van der Waals surface area contributed by atoms with E-state index >= 15 is 0 Å². The number of hydrogen-bond acceptors (Lipinski definition) is 2. The van der Waals surface area contributed by atoms with Crippen LogP contribution >= 0.6 is 0 Å². The fraction of sp³-hybridized carbons (Fsp3) is 0.667. The fourth-order valence-corrected chi connectivity index (χ4v) is 0.675. The zero-order chi connectivity index (χ0) is 8.69. The maximum absolute atomic E-state index is 8.76. The molecule has 2 heteroatoms. The van der Waals surface area contributed by atoms with Crippen molar-refractivity contribution in [1.29, 1.82) is 0 Å². The van der Waals surface area contributed by atoms with Crippen LogP contribution < -0.4 is 5.73 Å². The fourth-order valence-electron chi connectivity index (χ4n) is 0.675. The second kappa shape index (κ2) is 6.17. The summed E-state index contributed by atoms with van der Waals surface area (Å²) in [5, 5.41) is 8.76. The van der Waals surface area contributed by atoms with E-state index < -0.39 is 0 Å². The van der Waals surface area contributed by atoms with E-state index in [1.54, 1.807) is 0 Å². The monoisotopic (exact) mass is 155 g/mol. The summed E-state index contributed by atoms with van der Waals surface area (Å²) in [6, 6.07) is 0. The Bertz CT molecular complexity index is 149. The molecule has 0 amide bonds. The summed E-state index contributed by atoms with van der Waals surface area (Å²) < 4.78 is 0. The van der Waals surface area contributed by atoms with E-state index in [1.165, 1.54) is 0 Å². The number of nitrogens with two attached hydrogens (primary N) is 1. The lowest BCUT2D eigenvalue weighted by atomic mass is 10.1. The summed E-state index contributed by atoms with van der Waals surface area (Å²) in [4.78, 5) is 0. The smallest absolute Gasteiger partial charge is 0.0474 e. The third-order valence-corrected chi connectivity index (χ3v) is 1.43. The van der Waals surface area contributed by atoms with Gasteiger partial charge in [-0.1, -0.05) is 0 Å². The Kier molecular flexibility index (Phi) is 5.86. The van der Waals surface area contributed by atoms with Crippen LogP contribution in [0.25, 0.3) is 0 Å². The van der Waals surface area contributed by atoms with Gasteiger partial charge >= 0.3 is 0 Å². The van der Waals surface area contributed by atoms with Gasteiger partial charge in [-0.05, 0) is 44.4 Å². The van der Waals surface area contributed by atoms with Gasteiger partial charge in [-0.3, -0.25) is 0 Å². The van der Waals surface area contributed by atoms with Gasteiger partial charge in [-0.2, -0.15) is 0 Å². The molecule has 0 bridgehead atoms. The van der Waals surface area contributed by atoms with E-state index in [1.807, 2.05) is 19.9 Å². The van der Waals surface area contributed by atoms with E-state index in [4.69, 9.17) is 10.8 Å². The third kappa shape index (κ3) is 5.86. The molecule has 3 N–H and O–H groups in total. The van der Waals surface area contributed by atoms with Gasteiger partial charge in [0.1, 0.15) is 0 Å².